The van der Waals surface area contributed by atoms with Crippen LogP contribution in [0.3, 0.4) is 0 Å². The maximum Gasteiger partial charge on any atom is 0.223 e. The molecular formula is C14H17N5O2. The smallest absolute Gasteiger partial charge is 0.223 e. The van der Waals surface area contributed by atoms with E-state index in [-0.39, 0.29) is 11.8 Å². The van der Waals surface area contributed by atoms with Crippen LogP contribution in [0.15, 0.2) is 30.7 Å². The van der Waals surface area contributed by atoms with Crippen LogP contribution in [0.5, 0.6) is 0 Å². The average Bonchev–Trinajstić information content (AvgIpc) is 3.03. The first kappa shape index (κ1) is 13.7. The first-order valence-electron chi connectivity index (χ1n) is 7.00. The summed E-state index contributed by atoms with van der Waals surface area (Å²) in [6.07, 6.45) is 6.78. The lowest BCUT2D eigenvalue weighted by Gasteiger charge is -2.20. The molecule has 0 saturated carbocycles. The molecule has 0 aliphatic carbocycles. The summed E-state index contributed by atoms with van der Waals surface area (Å²) in [6, 6.07) is 3.69. The summed E-state index contributed by atoms with van der Waals surface area (Å²) in [5.41, 5.74) is 1.62. The van der Waals surface area contributed by atoms with Crippen LogP contribution in [0.2, 0.25) is 0 Å². The van der Waals surface area contributed by atoms with Gasteiger partial charge in [0.15, 0.2) is 0 Å². The SMILES string of the molecule is O=C(NCc1cn(-c2ccncc2)nn1)C1CCOCC1. The fourth-order valence-electron chi connectivity index (χ4n) is 2.28. The lowest BCUT2D eigenvalue weighted by molar-refractivity contribution is -0.128. The molecule has 0 radical (unpaired) electrons. The lowest BCUT2D eigenvalue weighted by atomic mass is 9.99. The van der Waals surface area contributed by atoms with Gasteiger partial charge >= 0.3 is 0 Å². The topological polar surface area (TPSA) is 81.9 Å². The molecule has 1 aliphatic rings. The monoisotopic (exact) mass is 287 g/mol. The van der Waals surface area contributed by atoms with E-state index < -0.39 is 0 Å². The molecule has 1 aliphatic heterocycles. The van der Waals surface area contributed by atoms with Crippen molar-refractivity contribution in [2.75, 3.05) is 13.2 Å². The number of ether oxygens (including phenoxy) is 1. The number of aromatic nitrogens is 4. The minimum atomic E-state index is 0.0500. The van der Waals surface area contributed by atoms with Crippen molar-refractivity contribution in [2.24, 2.45) is 5.92 Å². The fourth-order valence-corrected chi connectivity index (χ4v) is 2.28. The maximum absolute atomic E-state index is 12.0. The number of carbonyl (C=O) groups excluding carboxylic acids is 1. The second-order valence-corrected chi connectivity index (χ2v) is 4.96. The van der Waals surface area contributed by atoms with Crippen LogP contribution in [-0.2, 0) is 16.1 Å². The highest BCUT2D eigenvalue weighted by Gasteiger charge is 2.21. The quantitative estimate of drug-likeness (QED) is 0.895. The number of hydrogen-bond acceptors (Lipinski definition) is 5. The number of pyridine rings is 1. The Hall–Kier alpha value is -2.28. The molecular weight excluding hydrogens is 270 g/mol. The van der Waals surface area contributed by atoms with E-state index >= 15 is 0 Å². The molecule has 1 N–H and O–H groups in total. The Morgan fingerprint density at radius 2 is 2.10 bits per heavy atom. The third-order valence-electron chi connectivity index (χ3n) is 3.50. The van der Waals surface area contributed by atoms with Gasteiger partial charge in [-0.05, 0) is 25.0 Å². The van der Waals surface area contributed by atoms with E-state index in [0.717, 1.165) is 24.2 Å². The third kappa shape index (κ3) is 3.43. The lowest BCUT2D eigenvalue weighted by Crippen LogP contribution is -2.33. The zero-order valence-corrected chi connectivity index (χ0v) is 11.6. The fraction of sp³-hybridized carbons (Fsp3) is 0.429. The standard InChI is InChI=1S/C14H17N5O2/c20-14(11-3-7-21-8-4-11)16-9-12-10-19(18-17-12)13-1-5-15-6-2-13/h1-2,5-6,10-11H,3-4,7-9H2,(H,16,20). The van der Waals surface area contributed by atoms with Gasteiger partial charge in [-0.2, -0.15) is 0 Å². The molecule has 3 rings (SSSR count). The number of carbonyl (C=O) groups is 1. The normalized spacial score (nSPS) is 15.8. The Kier molecular flexibility index (Phi) is 4.20. The Morgan fingerprint density at radius 3 is 2.86 bits per heavy atom. The van der Waals surface area contributed by atoms with Crippen LogP contribution < -0.4 is 5.32 Å². The predicted octanol–water partition coefficient (Wildman–Crippen LogP) is 0.705. The Morgan fingerprint density at radius 1 is 1.33 bits per heavy atom. The van der Waals surface area contributed by atoms with Gasteiger partial charge in [-0.25, -0.2) is 4.68 Å². The van der Waals surface area contributed by atoms with E-state index in [4.69, 9.17) is 4.74 Å². The van der Waals surface area contributed by atoms with Crippen LogP contribution in [0.4, 0.5) is 0 Å². The van der Waals surface area contributed by atoms with Crippen molar-refractivity contribution in [3.63, 3.8) is 0 Å². The van der Waals surface area contributed by atoms with E-state index in [2.05, 4.69) is 20.6 Å². The summed E-state index contributed by atoms with van der Waals surface area (Å²) >= 11 is 0. The minimum Gasteiger partial charge on any atom is -0.381 e. The van der Waals surface area contributed by atoms with Crippen molar-refractivity contribution in [1.29, 1.82) is 0 Å². The molecule has 7 heteroatoms. The van der Waals surface area contributed by atoms with Gasteiger partial charge in [0, 0.05) is 31.5 Å². The number of rotatable bonds is 4. The van der Waals surface area contributed by atoms with Gasteiger partial charge in [0.2, 0.25) is 5.91 Å². The first-order valence-corrected chi connectivity index (χ1v) is 7.00. The van der Waals surface area contributed by atoms with Gasteiger partial charge in [0.25, 0.3) is 0 Å². The van der Waals surface area contributed by atoms with Crippen molar-refractivity contribution in [1.82, 2.24) is 25.3 Å². The Bertz CT molecular complexity index is 592. The van der Waals surface area contributed by atoms with Crippen LogP contribution in [0.25, 0.3) is 5.69 Å². The van der Waals surface area contributed by atoms with Crippen LogP contribution in [-0.4, -0.2) is 39.1 Å². The zero-order valence-electron chi connectivity index (χ0n) is 11.6. The number of amides is 1. The van der Waals surface area contributed by atoms with Gasteiger partial charge in [-0.1, -0.05) is 5.21 Å². The van der Waals surface area contributed by atoms with E-state index in [9.17, 15) is 4.79 Å². The molecule has 110 valence electrons. The van der Waals surface area contributed by atoms with Gasteiger partial charge < -0.3 is 10.1 Å². The van der Waals surface area contributed by atoms with E-state index in [0.29, 0.717) is 19.8 Å². The van der Waals surface area contributed by atoms with Crippen LogP contribution in [0, 0.1) is 5.92 Å². The molecule has 0 spiro atoms. The molecule has 1 fully saturated rings. The Labute approximate surface area is 122 Å². The molecule has 0 atom stereocenters. The van der Waals surface area contributed by atoms with Crippen molar-refractivity contribution in [2.45, 2.75) is 19.4 Å². The Balaban J connectivity index is 1.56. The predicted molar refractivity (Wildman–Crippen MR) is 74.5 cm³/mol. The molecule has 0 bridgehead atoms. The molecule has 2 aromatic heterocycles. The summed E-state index contributed by atoms with van der Waals surface area (Å²) in [7, 11) is 0. The number of nitrogens with zero attached hydrogens (tertiary/aromatic N) is 4. The van der Waals surface area contributed by atoms with Gasteiger partial charge in [-0.3, -0.25) is 9.78 Å². The summed E-state index contributed by atoms with van der Waals surface area (Å²) in [4.78, 5) is 16.0. The highest BCUT2D eigenvalue weighted by Crippen LogP contribution is 2.14. The summed E-state index contributed by atoms with van der Waals surface area (Å²) in [6.45, 7) is 1.72. The summed E-state index contributed by atoms with van der Waals surface area (Å²) in [5.74, 6) is 0.116. The molecule has 21 heavy (non-hydrogen) atoms. The van der Waals surface area contributed by atoms with Crippen molar-refractivity contribution in [3.05, 3.63) is 36.4 Å². The molecule has 0 unspecified atom stereocenters. The molecule has 2 aromatic rings. The number of hydrogen-bond donors (Lipinski definition) is 1. The molecule has 1 saturated heterocycles. The van der Waals surface area contributed by atoms with Gasteiger partial charge in [0.05, 0.1) is 18.4 Å². The maximum atomic E-state index is 12.0. The second kappa shape index (κ2) is 6.45. The first-order chi connectivity index (χ1) is 10.3. The molecule has 0 aromatic carbocycles. The molecule has 3 heterocycles. The average molecular weight is 287 g/mol. The zero-order chi connectivity index (χ0) is 14.5. The van der Waals surface area contributed by atoms with Gasteiger partial charge in [-0.15, -0.1) is 5.10 Å². The van der Waals surface area contributed by atoms with Crippen molar-refractivity contribution in [3.8, 4) is 5.69 Å². The third-order valence-corrected chi connectivity index (χ3v) is 3.50. The highest BCUT2D eigenvalue weighted by atomic mass is 16.5. The summed E-state index contributed by atoms with van der Waals surface area (Å²) in [5, 5.41) is 11.0. The highest BCUT2D eigenvalue weighted by molar-refractivity contribution is 5.78. The number of nitrogens with one attached hydrogen (secondary N) is 1. The van der Waals surface area contributed by atoms with Crippen LogP contribution >= 0.6 is 0 Å². The van der Waals surface area contributed by atoms with Crippen LogP contribution in [0.1, 0.15) is 18.5 Å². The van der Waals surface area contributed by atoms with E-state index in [1.807, 2.05) is 12.1 Å². The minimum absolute atomic E-state index is 0.0500. The molecule has 1 amide bonds. The van der Waals surface area contributed by atoms with E-state index in [1.54, 1.807) is 23.3 Å². The largest absolute Gasteiger partial charge is 0.381 e. The van der Waals surface area contributed by atoms with E-state index in [1.165, 1.54) is 0 Å². The van der Waals surface area contributed by atoms with Crippen molar-refractivity contribution < 1.29 is 9.53 Å². The van der Waals surface area contributed by atoms with Gasteiger partial charge in [0.1, 0.15) is 5.69 Å². The van der Waals surface area contributed by atoms with Crippen molar-refractivity contribution >= 4 is 5.91 Å². The molecule has 7 nitrogen and oxygen atoms in total. The second-order valence-electron chi connectivity index (χ2n) is 4.96. The summed E-state index contributed by atoms with van der Waals surface area (Å²) < 4.78 is 6.92.